The number of imidazole rings is 2. The quantitative estimate of drug-likeness (QED) is 0.102. The summed E-state index contributed by atoms with van der Waals surface area (Å²) < 4.78 is 12.0. The Kier molecular flexibility index (Phi) is 57.8. The minimum absolute atomic E-state index is 0. The largest absolute Gasteiger partial charge is 0.367 e. The summed E-state index contributed by atoms with van der Waals surface area (Å²) in [5.41, 5.74) is 23.5. The maximum Gasteiger partial charge on any atom is 0.208 e. The normalized spacial score (nSPS) is 12.3. The molecular weight excluding hydrogens is 1310 g/mol. The van der Waals surface area contributed by atoms with Crippen molar-refractivity contribution in [3.05, 3.63) is 150 Å². The number of nitrogens with one attached hydrogen (secondary N) is 2. The van der Waals surface area contributed by atoms with Crippen LogP contribution in [0.25, 0.3) is 0 Å². The monoisotopic (exact) mass is 1470 g/mol. The number of H-pyrrole nitrogens is 2. The molecule has 20 heteroatoms. The number of aromatic nitrogens is 12. The number of aryl methyl sites for hydroxylation is 7. The van der Waals surface area contributed by atoms with Gasteiger partial charge in [0.2, 0.25) is 5.70 Å². The molecule has 17 nitrogen and oxygen atoms in total. The zero-order chi connectivity index (χ0) is 78.6. The Bertz CT molecular complexity index is 3480. The fourth-order valence-corrected chi connectivity index (χ4v) is 12.4. The van der Waals surface area contributed by atoms with Crippen LogP contribution in [0.5, 0.6) is 0 Å². The molecule has 592 valence electrons. The molecular formula is C85H157B2N17S+2. The van der Waals surface area contributed by atoms with Gasteiger partial charge < -0.3 is 14.5 Å². The number of allylic oxidation sites excluding steroid dienone is 3. The lowest BCUT2D eigenvalue weighted by Gasteiger charge is -2.04. The first-order valence-electron chi connectivity index (χ1n) is 37.5. The molecule has 0 spiro atoms. The molecule has 0 fully saturated rings. The van der Waals surface area contributed by atoms with Gasteiger partial charge in [0.25, 0.3) is 0 Å². The van der Waals surface area contributed by atoms with Crippen LogP contribution in [0.4, 0.5) is 0 Å². The van der Waals surface area contributed by atoms with Gasteiger partial charge in [0.15, 0.2) is 18.5 Å². The lowest BCUT2D eigenvalue weighted by Crippen LogP contribution is -2.13. The highest BCUT2D eigenvalue weighted by atomic mass is 32.1. The molecule has 0 unspecified atom stereocenters. The van der Waals surface area contributed by atoms with Crippen molar-refractivity contribution in [3.8, 4) is 0 Å². The maximum atomic E-state index is 4.47. The van der Waals surface area contributed by atoms with Gasteiger partial charge in [-0.25, -0.2) is 14.5 Å². The number of azo groups is 2. The molecule has 0 aliphatic carbocycles. The minimum atomic E-state index is 0. The predicted molar refractivity (Wildman–Crippen MR) is 464 cm³/mol. The van der Waals surface area contributed by atoms with E-state index < -0.39 is 0 Å². The van der Waals surface area contributed by atoms with E-state index >= 15 is 0 Å². The molecule has 0 saturated carbocycles. The number of hydrogen-bond acceptors (Lipinski definition) is 10. The van der Waals surface area contributed by atoms with Crippen molar-refractivity contribution in [2.75, 3.05) is 27.3 Å². The predicted octanol–water partition coefficient (Wildman–Crippen LogP) is 22.7. The summed E-state index contributed by atoms with van der Waals surface area (Å²) in [4.78, 5) is 25.7. The second-order valence-corrected chi connectivity index (χ2v) is 30.4. The van der Waals surface area contributed by atoms with Crippen LogP contribution in [0.2, 0.25) is 0 Å². The molecule has 6 radical (unpaired) electrons. The fourth-order valence-electron chi connectivity index (χ4n) is 11.4. The van der Waals surface area contributed by atoms with E-state index in [1.165, 1.54) is 101 Å². The summed E-state index contributed by atoms with van der Waals surface area (Å²) in [5.74, 6) is 6.98. The number of thiophene rings is 1. The molecule has 105 heavy (non-hydrogen) atoms. The summed E-state index contributed by atoms with van der Waals surface area (Å²) in [6.45, 7) is 76.6. The van der Waals surface area contributed by atoms with Crippen molar-refractivity contribution in [1.82, 2.24) is 59.1 Å². The summed E-state index contributed by atoms with van der Waals surface area (Å²) in [6, 6.07) is 4.37. The number of rotatable bonds is 10. The highest BCUT2D eigenvalue weighted by Crippen LogP contribution is 2.29. The van der Waals surface area contributed by atoms with Crippen molar-refractivity contribution in [2.24, 2.45) is 61.0 Å². The third kappa shape index (κ3) is 38.0. The van der Waals surface area contributed by atoms with Crippen LogP contribution in [-0.2, 0) is 28.2 Å². The highest BCUT2D eigenvalue weighted by Gasteiger charge is 2.26. The van der Waals surface area contributed by atoms with E-state index in [-0.39, 0.29) is 31.7 Å². The molecule has 3 aliphatic heterocycles. The van der Waals surface area contributed by atoms with E-state index in [1.54, 1.807) is 16.6 Å². The molecule has 3 aliphatic rings. The van der Waals surface area contributed by atoms with Gasteiger partial charge in [-0.05, 0) is 156 Å². The van der Waals surface area contributed by atoms with Crippen LogP contribution in [0.3, 0.4) is 0 Å². The highest BCUT2D eigenvalue weighted by molar-refractivity contribution is 7.12. The average Bonchev–Trinajstić information content (AvgIpc) is 1.71. The van der Waals surface area contributed by atoms with Crippen LogP contribution >= 0.6 is 11.3 Å². The molecule has 0 saturated heterocycles. The van der Waals surface area contributed by atoms with E-state index in [1.807, 2.05) is 120 Å². The third-order valence-electron chi connectivity index (χ3n) is 17.3. The first kappa shape index (κ1) is 109. The number of aromatic amines is 2. The number of hydrogen-bond donors (Lipinski definition) is 2. The molecule has 10 rings (SSSR count). The van der Waals surface area contributed by atoms with Crippen molar-refractivity contribution < 1.29 is 9.27 Å². The first-order chi connectivity index (χ1) is 47.0. The molecule has 2 N–H and O–H groups in total. The molecule has 0 amide bonds. The zero-order valence-corrected chi connectivity index (χ0v) is 74.1. The van der Waals surface area contributed by atoms with E-state index in [0.29, 0.717) is 65.8 Å². The van der Waals surface area contributed by atoms with Gasteiger partial charge in [0, 0.05) is 133 Å². The van der Waals surface area contributed by atoms with Crippen LogP contribution in [-0.4, -0.2) is 130 Å². The molecule has 7 aromatic heterocycles. The molecule has 0 aromatic carbocycles. The second-order valence-electron chi connectivity index (χ2n) is 29.1. The van der Waals surface area contributed by atoms with E-state index in [4.69, 9.17) is 0 Å². The molecule has 0 bridgehead atoms. The lowest BCUT2D eigenvalue weighted by atomic mass is 10.0. The molecule has 7 aromatic rings. The Morgan fingerprint density at radius 2 is 1.14 bits per heavy atom. The first-order valence-corrected chi connectivity index (χ1v) is 38.3. The van der Waals surface area contributed by atoms with Crippen LogP contribution in [0.1, 0.15) is 333 Å². The average molecular weight is 1470 g/mol. The Morgan fingerprint density at radius 3 is 1.33 bits per heavy atom. The van der Waals surface area contributed by atoms with Crippen LogP contribution in [0, 0.1) is 73.1 Å². The Hall–Kier alpha value is -6.82. The maximum absolute atomic E-state index is 4.47. The van der Waals surface area contributed by atoms with Gasteiger partial charge >= 0.3 is 0 Å². The second kappa shape index (κ2) is 55.6. The van der Waals surface area contributed by atoms with Crippen molar-refractivity contribution >= 4 is 45.3 Å². The fraction of sp³-hybridized carbons (Fsp3) is 0.659. The van der Waals surface area contributed by atoms with Gasteiger partial charge in [-0.1, -0.05) is 191 Å². The summed E-state index contributed by atoms with van der Waals surface area (Å²) >= 11 is 1.92. The van der Waals surface area contributed by atoms with Gasteiger partial charge in [-0.2, -0.15) is 10.2 Å². The standard InChI is InChI=1S/C10H18N.3C9H16N2.C9H14S.C7H13N2.C7H12N2.C7H11N.C6H11N3.C6H10N2.2C2H6.2CH4.2B/c1-7(2)10-8(3)6-9(4)11(10)5;1-6(2)9-7(3)11(5)8(4)10-9;1-6(2)9-7(3)10-11(5)8(9)4;1-6(2)9-7(3)8(4)11(5)10-9;1-6(2)9-7(3)5-8(4)10-9;1-6(2)7-4-5-8-9(7)3;1-5(2)7-6(3)8-4-9-7;1-6(2)7-3-4-8-5-7;1-5(2)6-4-9(3)8-7-6;1-5(2)6-3-7-4-8-6;2*1-2;;;;/h7H,6H2,1-5H3;3*6H,1-5H3;5-6H,1-4H3;4,6H,5H2,1-3H3;5H,4H2,1-3H3;3-6,8H,1-2H3;4-5H,1-3H3;3-5H,1-2H3,(H,7,8);2*1-2H3;2*1H4;;/q+1;;;;;+1;;;;;;;;;;. The number of aliphatic imine (C=N–C) groups is 2. The molecule has 10 heterocycles. The third-order valence-corrected chi connectivity index (χ3v) is 18.7. The van der Waals surface area contributed by atoms with Crippen LogP contribution in [0.15, 0.2) is 81.4 Å². The Balaban J connectivity index is -0.000000257. The zero-order valence-electron chi connectivity index (χ0n) is 73.3. The van der Waals surface area contributed by atoms with Gasteiger partial charge in [0.1, 0.15) is 26.1 Å². The van der Waals surface area contributed by atoms with E-state index in [9.17, 15) is 0 Å². The van der Waals surface area contributed by atoms with Crippen molar-refractivity contribution in [3.63, 3.8) is 0 Å². The Labute approximate surface area is 653 Å². The summed E-state index contributed by atoms with van der Waals surface area (Å²) in [7, 11) is 12.1. The van der Waals surface area contributed by atoms with Crippen molar-refractivity contribution in [2.45, 2.75) is 305 Å². The van der Waals surface area contributed by atoms with E-state index in [0.717, 1.165) is 23.8 Å². The van der Waals surface area contributed by atoms with Crippen LogP contribution < -0.4 is 0 Å². The Morgan fingerprint density at radius 1 is 0.590 bits per heavy atom. The van der Waals surface area contributed by atoms with Crippen molar-refractivity contribution in [1.29, 1.82) is 0 Å². The summed E-state index contributed by atoms with van der Waals surface area (Å²) in [5, 5.41) is 20.7. The van der Waals surface area contributed by atoms with Gasteiger partial charge in [-0.15, -0.1) is 16.4 Å². The van der Waals surface area contributed by atoms with Gasteiger partial charge in [0.05, 0.1) is 46.9 Å². The lowest BCUT2D eigenvalue weighted by molar-refractivity contribution is -0.516. The SMILES string of the molecule is C.C.CC.CC.CC(C)C1=CCN=[N+]1C.CC(C)c1cc[nH]c1.CC(C)c1cn(C)nn1.CC(C)c1cnc[nH]1.CC1=C(C(C)C)[N+](C)=C(C)C1.CC1=NCN=C1C(C)C.Cc1c(C(C)C)nn(C)c1C.Cc1cc(C)c(C(C)C)s1.Cc1nc(C(C)C)c(C)n1C.Cc1nn(C)c(C)c1C(C)C.[B].[B]. The number of nitrogens with zero attached hydrogens (tertiary/aromatic N) is 15. The smallest absolute Gasteiger partial charge is 0.208 e. The molecule has 0 atom stereocenters. The summed E-state index contributed by atoms with van der Waals surface area (Å²) in [6.07, 6.45) is 12.8. The minimum Gasteiger partial charge on any atom is -0.367 e. The van der Waals surface area contributed by atoms with Gasteiger partial charge in [-0.3, -0.25) is 24.0 Å². The van der Waals surface area contributed by atoms with E-state index in [2.05, 4.69) is 298 Å². The topological polar surface area (TPSA) is 172 Å².